The van der Waals surface area contributed by atoms with E-state index in [4.69, 9.17) is 4.74 Å². The van der Waals surface area contributed by atoms with Gasteiger partial charge in [-0.1, -0.05) is 89.6 Å². The third-order valence-corrected chi connectivity index (χ3v) is 5.80. The van der Waals surface area contributed by atoms with Crippen molar-refractivity contribution >= 4 is 17.6 Å². The average molecular weight is 469 g/mol. The lowest BCUT2D eigenvalue weighted by Crippen LogP contribution is -2.62. The lowest BCUT2D eigenvalue weighted by molar-refractivity contribution is -0.151. The fourth-order valence-electron chi connectivity index (χ4n) is 4.15. The van der Waals surface area contributed by atoms with Gasteiger partial charge in [0.2, 0.25) is 5.91 Å². The van der Waals surface area contributed by atoms with Crippen LogP contribution in [0.15, 0.2) is 60.7 Å². The molecule has 2 aromatic rings. The zero-order chi connectivity index (χ0) is 25.4. The molecule has 0 aromatic heterocycles. The number of hydrogen-bond acceptors (Lipinski definition) is 4. The number of methoxy groups -OCH3 is 1. The summed E-state index contributed by atoms with van der Waals surface area (Å²) in [5, 5.41) is 0. The Morgan fingerprint density at radius 3 is 1.88 bits per heavy atom. The minimum atomic E-state index is -0.952. The second-order valence-corrected chi connectivity index (χ2v) is 8.23. The van der Waals surface area contributed by atoms with Gasteiger partial charge in [0.25, 0.3) is 0 Å². The summed E-state index contributed by atoms with van der Waals surface area (Å²) in [5.41, 5.74) is 1.11. The number of likely N-dealkylation sites (tertiary alicyclic amines) is 1. The van der Waals surface area contributed by atoms with Crippen molar-refractivity contribution in [1.29, 1.82) is 0 Å². The molecule has 0 aliphatic carbocycles. The van der Waals surface area contributed by atoms with E-state index in [0.29, 0.717) is 19.3 Å². The van der Waals surface area contributed by atoms with Crippen molar-refractivity contribution < 1.29 is 14.3 Å². The van der Waals surface area contributed by atoms with Crippen LogP contribution in [0.3, 0.4) is 0 Å². The number of benzene rings is 2. The first kappa shape index (κ1) is 29.4. The number of esters is 1. The lowest BCUT2D eigenvalue weighted by atomic mass is 9.84. The van der Waals surface area contributed by atoms with Gasteiger partial charge >= 0.3 is 5.97 Å². The maximum atomic E-state index is 13.0. The molecule has 0 N–H and O–H groups in total. The number of nitrogens with zero attached hydrogens (tertiary/aromatic N) is 2. The molecule has 0 unspecified atom stereocenters. The molecule has 1 aliphatic rings. The summed E-state index contributed by atoms with van der Waals surface area (Å²) < 4.78 is 5.20. The third kappa shape index (κ3) is 7.98. The molecule has 1 aliphatic heterocycles. The highest BCUT2D eigenvalue weighted by Crippen LogP contribution is 2.35. The van der Waals surface area contributed by atoms with Crippen LogP contribution in [-0.4, -0.2) is 49.1 Å². The highest BCUT2D eigenvalue weighted by molar-refractivity contribution is 6.02. The van der Waals surface area contributed by atoms with E-state index in [1.807, 2.05) is 57.2 Å². The highest BCUT2D eigenvalue weighted by atomic mass is 16.5. The molecule has 1 saturated heterocycles. The van der Waals surface area contributed by atoms with Crippen LogP contribution in [0.2, 0.25) is 0 Å². The Labute approximate surface area is 207 Å². The maximum absolute atomic E-state index is 13.0. The number of hydrogen-bond donors (Lipinski definition) is 0. The normalized spacial score (nSPS) is 14.5. The van der Waals surface area contributed by atoms with Crippen LogP contribution in [0.4, 0.5) is 5.69 Å². The smallest absolute Gasteiger partial charge is 0.332 e. The third-order valence-electron chi connectivity index (χ3n) is 5.80. The molecule has 188 valence electrons. The first-order valence-electron chi connectivity index (χ1n) is 12.7. The summed E-state index contributed by atoms with van der Waals surface area (Å²) in [6.07, 6.45) is 3.69. The standard InChI is InChI=1S/C24H30N2O3.C3H8.C2H6/c1-3-22(27)26(21-12-8-5-9-13-21)24(23(28)29-2)15-18-25(19-16-24)17-14-20-10-6-4-7-11-20;1-3-2;1-2/h4-13H,3,14-19H2,1-2H3;3H2,1-2H3;1-2H3. The predicted octanol–water partition coefficient (Wildman–Crippen LogP) is 6.12. The zero-order valence-electron chi connectivity index (χ0n) is 22.0. The Bertz CT molecular complexity index is 816. The van der Waals surface area contributed by atoms with Crippen molar-refractivity contribution in [3.05, 3.63) is 66.2 Å². The Balaban J connectivity index is 0.00000107. The first-order chi connectivity index (χ1) is 16.5. The Morgan fingerprint density at radius 2 is 1.41 bits per heavy atom. The van der Waals surface area contributed by atoms with Crippen LogP contribution in [0.5, 0.6) is 0 Å². The van der Waals surface area contributed by atoms with Crippen molar-refractivity contribution in [1.82, 2.24) is 4.90 Å². The van der Waals surface area contributed by atoms with E-state index in [0.717, 1.165) is 31.7 Å². The number of carbonyl (C=O) groups is 2. The van der Waals surface area contributed by atoms with E-state index in [-0.39, 0.29) is 11.9 Å². The van der Waals surface area contributed by atoms with Crippen molar-refractivity contribution in [3.8, 4) is 0 Å². The fourth-order valence-corrected chi connectivity index (χ4v) is 4.15. The van der Waals surface area contributed by atoms with Gasteiger partial charge in [-0.15, -0.1) is 0 Å². The molecular weight excluding hydrogens is 424 g/mol. The predicted molar refractivity (Wildman–Crippen MR) is 142 cm³/mol. The minimum Gasteiger partial charge on any atom is -0.467 e. The zero-order valence-corrected chi connectivity index (χ0v) is 22.0. The summed E-state index contributed by atoms with van der Waals surface area (Å²) >= 11 is 0. The quantitative estimate of drug-likeness (QED) is 0.459. The van der Waals surface area contributed by atoms with Gasteiger partial charge in [-0.3, -0.25) is 9.69 Å². The molecular formula is C29H44N2O3. The number of rotatable bonds is 7. The Kier molecular flexibility index (Phi) is 13.9. The first-order valence-corrected chi connectivity index (χ1v) is 12.7. The van der Waals surface area contributed by atoms with E-state index in [1.165, 1.54) is 19.1 Å². The van der Waals surface area contributed by atoms with Crippen molar-refractivity contribution in [2.75, 3.05) is 31.6 Å². The van der Waals surface area contributed by atoms with Crippen molar-refractivity contribution in [2.24, 2.45) is 0 Å². The van der Waals surface area contributed by atoms with Crippen molar-refractivity contribution in [3.63, 3.8) is 0 Å². The number of anilines is 1. The maximum Gasteiger partial charge on any atom is 0.332 e. The van der Waals surface area contributed by atoms with E-state index in [2.05, 4.69) is 43.0 Å². The van der Waals surface area contributed by atoms with Gasteiger partial charge < -0.3 is 9.64 Å². The summed E-state index contributed by atoms with van der Waals surface area (Å²) in [6, 6.07) is 19.9. The number of carbonyl (C=O) groups excluding carboxylic acids is 2. The largest absolute Gasteiger partial charge is 0.467 e. The number of piperidine rings is 1. The summed E-state index contributed by atoms with van der Waals surface area (Å²) in [5.74, 6) is -0.384. The van der Waals surface area contributed by atoms with Crippen LogP contribution < -0.4 is 4.90 Å². The number of amides is 1. The second-order valence-electron chi connectivity index (χ2n) is 8.23. The van der Waals surface area contributed by atoms with Gasteiger partial charge in [0.15, 0.2) is 0 Å². The van der Waals surface area contributed by atoms with Crippen molar-refractivity contribution in [2.45, 2.75) is 72.3 Å². The molecule has 0 bridgehead atoms. The topological polar surface area (TPSA) is 49.9 Å². The van der Waals surface area contributed by atoms with Crippen LogP contribution in [0.1, 0.15) is 65.9 Å². The number of para-hydroxylation sites is 1. The number of ether oxygens (including phenoxy) is 1. The lowest BCUT2D eigenvalue weighted by Gasteiger charge is -2.46. The molecule has 0 radical (unpaired) electrons. The van der Waals surface area contributed by atoms with Gasteiger partial charge in [0.05, 0.1) is 7.11 Å². The van der Waals surface area contributed by atoms with E-state index in [9.17, 15) is 9.59 Å². The van der Waals surface area contributed by atoms with Crippen LogP contribution in [0.25, 0.3) is 0 Å². The van der Waals surface area contributed by atoms with E-state index < -0.39 is 5.54 Å². The molecule has 5 heteroatoms. The van der Waals surface area contributed by atoms with Crippen LogP contribution >= 0.6 is 0 Å². The SMILES string of the molecule is CC.CCC.CCC(=O)N(c1ccccc1)C1(C(=O)OC)CCN(CCc2ccccc2)CC1. The summed E-state index contributed by atoms with van der Waals surface area (Å²) in [4.78, 5) is 30.0. The fraction of sp³-hybridized carbons (Fsp3) is 0.517. The van der Waals surface area contributed by atoms with Gasteiger partial charge in [-0.25, -0.2) is 4.79 Å². The molecule has 0 atom stereocenters. The molecule has 34 heavy (non-hydrogen) atoms. The average Bonchev–Trinajstić information content (AvgIpc) is 2.90. The van der Waals surface area contributed by atoms with Crippen LogP contribution in [-0.2, 0) is 20.7 Å². The second kappa shape index (κ2) is 16.0. The summed E-state index contributed by atoms with van der Waals surface area (Å²) in [7, 11) is 1.41. The minimum absolute atomic E-state index is 0.0562. The monoisotopic (exact) mass is 468 g/mol. The van der Waals surface area contributed by atoms with E-state index in [1.54, 1.807) is 4.90 Å². The highest BCUT2D eigenvalue weighted by Gasteiger charge is 2.49. The molecule has 0 spiro atoms. The Hall–Kier alpha value is -2.66. The van der Waals surface area contributed by atoms with Gasteiger partial charge in [-0.2, -0.15) is 0 Å². The molecule has 1 heterocycles. The molecule has 1 fully saturated rings. The molecule has 2 aromatic carbocycles. The summed E-state index contributed by atoms with van der Waals surface area (Å²) in [6.45, 7) is 12.5. The molecule has 1 amide bonds. The molecule has 3 rings (SSSR count). The van der Waals surface area contributed by atoms with Gasteiger partial charge in [-0.05, 0) is 37.0 Å². The molecule has 0 saturated carbocycles. The Morgan fingerprint density at radius 1 is 0.912 bits per heavy atom. The molecule has 5 nitrogen and oxygen atoms in total. The van der Waals surface area contributed by atoms with Crippen LogP contribution in [0, 0.1) is 0 Å². The van der Waals surface area contributed by atoms with E-state index >= 15 is 0 Å². The van der Waals surface area contributed by atoms with Gasteiger partial charge in [0.1, 0.15) is 5.54 Å². The van der Waals surface area contributed by atoms with Gasteiger partial charge in [0, 0.05) is 31.7 Å².